The Morgan fingerprint density at radius 2 is 2.35 bits per heavy atom. The fraction of sp³-hybridized carbons (Fsp3) is 0.556. The third kappa shape index (κ3) is 1.98. The summed E-state index contributed by atoms with van der Waals surface area (Å²) < 4.78 is 0. The zero-order valence-corrected chi connectivity index (χ0v) is 9.30. The number of hydrogen-bond acceptors (Lipinski definition) is 6. The highest BCUT2D eigenvalue weighted by atomic mass is 15.4. The van der Waals surface area contributed by atoms with E-state index in [1.54, 1.807) is 6.20 Å². The minimum Gasteiger partial charge on any atom is -0.338 e. The van der Waals surface area contributed by atoms with Gasteiger partial charge < -0.3 is 10.6 Å². The SMILES string of the molecule is NC1CCCN(c2n[nH]c(-c3cn[nH]n3)n2)C1. The van der Waals surface area contributed by atoms with Gasteiger partial charge in [0, 0.05) is 19.1 Å². The van der Waals surface area contributed by atoms with Crippen LogP contribution in [0.3, 0.4) is 0 Å². The fourth-order valence-electron chi connectivity index (χ4n) is 2.02. The average Bonchev–Trinajstić information content (AvgIpc) is 3.00. The molecule has 3 rings (SSSR count). The lowest BCUT2D eigenvalue weighted by atomic mass is 10.1. The molecular weight excluding hydrogens is 220 g/mol. The molecule has 17 heavy (non-hydrogen) atoms. The van der Waals surface area contributed by atoms with Crippen molar-refractivity contribution in [2.45, 2.75) is 18.9 Å². The van der Waals surface area contributed by atoms with Crippen molar-refractivity contribution in [1.82, 2.24) is 30.6 Å². The topological polar surface area (TPSA) is 112 Å². The second kappa shape index (κ2) is 4.13. The van der Waals surface area contributed by atoms with Crippen LogP contribution in [0.4, 0.5) is 5.95 Å². The summed E-state index contributed by atoms with van der Waals surface area (Å²) >= 11 is 0. The van der Waals surface area contributed by atoms with Gasteiger partial charge in [0.15, 0.2) is 5.82 Å². The predicted octanol–water partition coefficient (Wildman–Crippen LogP) is -0.483. The van der Waals surface area contributed by atoms with Crippen molar-refractivity contribution in [2.24, 2.45) is 5.73 Å². The lowest BCUT2D eigenvalue weighted by Gasteiger charge is -2.29. The zero-order chi connectivity index (χ0) is 11.7. The van der Waals surface area contributed by atoms with Crippen molar-refractivity contribution in [1.29, 1.82) is 0 Å². The van der Waals surface area contributed by atoms with E-state index in [9.17, 15) is 0 Å². The summed E-state index contributed by atoms with van der Waals surface area (Å²) in [4.78, 5) is 6.48. The quantitative estimate of drug-likeness (QED) is 0.646. The zero-order valence-electron chi connectivity index (χ0n) is 9.30. The lowest BCUT2D eigenvalue weighted by Crippen LogP contribution is -2.43. The first-order valence-corrected chi connectivity index (χ1v) is 5.62. The Balaban J connectivity index is 1.80. The molecule has 8 heteroatoms. The number of aromatic amines is 2. The summed E-state index contributed by atoms with van der Waals surface area (Å²) in [7, 11) is 0. The van der Waals surface area contributed by atoms with Gasteiger partial charge in [-0.25, -0.2) is 0 Å². The number of anilines is 1. The monoisotopic (exact) mass is 234 g/mol. The van der Waals surface area contributed by atoms with Gasteiger partial charge in [-0.1, -0.05) is 0 Å². The molecule has 8 nitrogen and oxygen atoms in total. The van der Waals surface area contributed by atoms with E-state index < -0.39 is 0 Å². The Morgan fingerprint density at radius 3 is 3.12 bits per heavy atom. The molecule has 3 heterocycles. The van der Waals surface area contributed by atoms with Crippen LogP contribution in [0.5, 0.6) is 0 Å². The highest BCUT2D eigenvalue weighted by Crippen LogP contribution is 2.17. The summed E-state index contributed by atoms with van der Waals surface area (Å²) in [5, 5.41) is 17.3. The van der Waals surface area contributed by atoms with Crippen LogP contribution in [-0.2, 0) is 0 Å². The molecule has 0 radical (unpaired) electrons. The number of nitrogens with two attached hydrogens (primary N) is 1. The maximum absolute atomic E-state index is 5.93. The Labute approximate surface area is 97.6 Å². The van der Waals surface area contributed by atoms with Crippen LogP contribution in [0.25, 0.3) is 11.5 Å². The van der Waals surface area contributed by atoms with Crippen molar-refractivity contribution >= 4 is 5.95 Å². The van der Waals surface area contributed by atoms with Gasteiger partial charge in [0.25, 0.3) is 0 Å². The first kappa shape index (κ1) is 10.2. The van der Waals surface area contributed by atoms with Gasteiger partial charge in [0.1, 0.15) is 5.69 Å². The Hall–Kier alpha value is -1.96. The van der Waals surface area contributed by atoms with Crippen LogP contribution in [0, 0.1) is 0 Å². The molecule has 2 aromatic heterocycles. The van der Waals surface area contributed by atoms with Gasteiger partial charge in [-0.3, -0.25) is 5.10 Å². The van der Waals surface area contributed by atoms with E-state index in [2.05, 4.69) is 35.5 Å². The van der Waals surface area contributed by atoms with Crippen molar-refractivity contribution in [2.75, 3.05) is 18.0 Å². The summed E-state index contributed by atoms with van der Waals surface area (Å²) in [5.41, 5.74) is 6.59. The maximum atomic E-state index is 5.93. The molecule has 0 aliphatic carbocycles. The molecule has 0 spiro atoms. The third-order valence-electron chi connectivity index (χ3n) is 2.87. The molecule has 1 aliphatic rings. The summed E-state index contributed by atoms with van der Waals surface area (Å²) in [5.74, 6) is 1.30. The number of piperidine rings is 1. The first-order chi connectivity index (χ1) is 8.33. The smallest absolute Gasteiger partial charge is 0.245 e. The standard InChI is InChI=1S/C9H14N8/c10-6-2-1-3-17(5-6)9-12-8(14-15-9)7-4-11-16-13-7/h4,6H,1-3,5,10H2,(H,11,13,16)(H,12,14,15). The normalized spacial score (nSPS) is 20.8. The molecular formula is C9H14N8. The minimum atomic E-state index is 0.206. The lowest BCUT2D eigenvalue weighted by molar-refractivity contribution is 0.500. The Morgan fingerprint density at radius 1 is 1.41 bits per heavy atom. The molecule has 1 saturated heterocycles. The second-order valence-corrected chi connectivity index (χ2v) is 4.19. The molecule has 1 aliphatic heterocycles. The van der Waals surface area contributed by atoms with Gasteiger partial charge >= 0.3 is 0 Å². The van der Waals surface area contributed by atoms with Crippen LogP contribution < -0.4 is 10.6 Å². The van der Waals surface area contributed by atoms with Crippen molar-refractivity contribution in [3.63, 3.8) is 0 Å². The summed E-state index contributed by atoms with van der Waals surface area (Å²) in [6.45, 7) is 1.75. The van der Waals surface area contributed by atoms with E-state index in [0.717, 1.165) is 25.9 Å². The maximum Gasteiger partial charge on any atom is 0.245 e. The molecule has 1 atom stereocenters. The number of H-pyrrole nitrogens is 2. The average molecular weight is 234 g/mol. The highest BCUT2D eigenvalue weighted by Gasteiger charge is 2.20. The van der Waals surface area contributed by atoms with E-state index in [1.165, 1.54) is 0 Å². The predicted molar refractivity (Wildman–Crippen MR) is 61.2 cm³/mol. The van der Waals surface area contributed by atoms with E-state index in [4.69, 9.17) is 5.73 Å². The van der Waals surface area contributed by atoms with E-state index in [1.807, 2.05) is 0 Å². The van der Waals surface area contributed by atoms with Crippen LogP contribution >= 0.6 is 0 Å². The molecule has 1 unspecified atom stereocenters. The van der Waals surface area contributed by atoms with Gasteiger partial charge in [-0.15, -0.1) is 5.10 Å². The largest absolute Gasteiger partial charge is 0.338 e. The molecule has 0 saturated carbocycles. The van der Waals surface area contributed by atoms with Crippen LogP contribution in [0.1, 0.15) is 12.8 Å². The van der Waals surface area contributed by atoms with E-state index in [-0.39, 0.29) is 6.04 Å². The summed E-state index contributed by atoms with van der Waals surface area (Å²) in [6, 6.07) is 0.206. The van der Waals surface area contributed by atoms with Crippen molar-refractivity contribution in [3.8, 4) is 11.5 Å². The van der Waals surface area contributed by atoms with Gasteiger partial charge in [0.05, 0.1) is 6.20 Å². The molecule has 0 aromatic carbocycles. The molecule has 90 valence electrons. The molecule has 1 fully saturated rings. The van der Waals surface area contributed by atoms with E-state index in [0.29, 0.717) is 17.5 Å². The van der Waals surface area contributed by atoms with Crippen LogP contribution in [-0.4, -0.2) is 49.7 Å². The number of nitrogens with zero attached hydrogens (tertiary/aromatic N) is 5. The van der Waals surface area contributed by atoms with Gasteiger partial charge in [-0.2, -0.15) is 20.4 Å². The minimum absolute atomic E-state index is 0.206. The van der Waals surface area contributed by atoms with Gasteiger partial charge in [0.2, 0.25) is 5.95 Å². The molecule has 4 N–H and O–H groups in total. The summed E-state index contributed by atoms with van der Waals surface area (Å²) in [6.07, 6.45) is 3.75. The number of aromatic nitrogens is 6. The number of rotatable bonds is 2. The third-order valence-corrected chi connectivity index (χ3v) is 2.87. The Bertz CT molecular complexity index is 475. The van der Waals surface area contributed by atoms with Crippen LogP contribution in [0.15, 0.2) is 6.20 Å². The Kier molecular flexibility index (Phi) is 2.48. The molecule has 2 aromatic rings. The number of nitrogens with one attached hydrogen (secondary N) is 2. The molecule has 0 amide bonds. The number of hydrogen-bond donors (Lipinski definition) is 3. The van der Waals surface area contributed by atoms with Gasteiger partial charge in [-0.05, 0) is 12.8 Å². The molecule has 0 bridgehead atoms. The first-order valence-electron chi connectivity index (χ1n) is 5.62. The van der Waals surface area contributed by atoms with E-state index >= 15 is 0 Å². The van der Waals surface area contributed by atoms with Crippen molar-refractivity contribution < 1.29 is 0 Å². The van der Waals surface area contributed by atoms with Crippen LogP contribution in [0.2, 0.25) is 0 Å². The second-order valence-electron chi connectivity index (χ2n) is 4.19. The fourth-order valence-corrected chi connectivity index (χ4v) is 2.02. The van der Waals surface area contributed by atoms with Crippen molar-refractivity contribution in [3.05, 3.63) is 6.20 Å². The highest BCUT2D eigenvalue weighted by molar-refractivity contribution is 5.49.